The van der Waals surface area contributed by atoms with E-state index in [0.29, 0.717) is 12.0 Å². The van der Waals surface area contributed by atoms with Gasteiger partial charge in [0.2, 0.25) is 0 Å². The van der Waals surface area contributed by atoms with Crippen LogP contribution in [-0.2, 0) is 0 Å². The van der Waals surface area contributed by atoms with E-state index >= 15 is 0 Å². The smallest absolute Gasteiger partial charge is 0.0695 e. The fourth-order valence-corrected chi connectivity index (χ4v) is 1.99. The molecular weight excluding hydrogens is 162 g/mol. The quantitative estimate of drug-likeness (QED) is 0.683. The Kier molecular flexibility index (Phi) is 4.20. The summed E-state index contributed by atoms with van der Waals surface area (Å²) in [6, 6.07) is 0.647. The summed E-state index contributed by atoms with van der Waals surface area (Å²) < 4.78 is 0. The molecule has 0 aromatic carbocycles. The van der Waals surface area contributed by atoms with Crippen LogP contribution in [0.2, 0.25) is 0 Å². The van der Waals surface area contributed by atoms with E-state index in [1.807, 2.05) is 0 Å². The molecule has 1 atom stereocenters. The second kappa shape index (κ2) is 4.97. The monoisotopic (exact) mass is 185 g/mol. The van der Waals surface area contributed by atoms with Crippen molar-refractivity contribution in [1.29, 1.82) is 0 Å². The second-order valence-electron chi connectivity index (χ2n) is 4.31. The molecule has 0 spiro atoms. The first kappa shape index (κ1) is 11.0. The van der Waals surface area contributed by atoms with Crippen molar-refractivity contribution in [3.63, 3.8) is 0 Å². The first-order valence-electron chi connectivity index (χ1n) is 5.57. The van der Waals surface area contributed by atoms with Crippen molar-refractivity contribution < 1.29 is 5.11 Å². The van der Waals surface area contributed by atoms with Crippen molar-refractivity contribution in [2.75, 3.05) is 13.6 Å². The first-order valence-corrected chi connectivity index (χ1v) is 5.57. The second-order valence-corrected chi connectivity index (χ2v) is 4.31. The molecule has 1 aliphatic carbocycles. The third-order valence-electron chi connectivity index (χ3n) is 3.21. The number of aliphatic hydroxyl groups excluding tert-OH is 1. The minimum absolute atomic E-state index is 0.0781. The summed E-state index contributed by atoms with van der Waals surface area (Å²) in [6.45, 7) is 5.29. The average Bonchev–Trinajstić information content (AvgIpc) is 2.88. The molecule has 1 saturated carbocycles. The molecule has 1 N–H and O–H groups in total. The molecule has 1 aliphatic rings. The van der Waals surface area contributed by atoms with E-state index in [1.54, 1.807) is 0 Å². The van der Waals surface area contributed by atoms with E-state index < -0.39 is 0 Å². The lowest BCUT2D eigenvalue weighted by Gasteiger charge is -2.28. The van der Waals surface area contributed by atoms with Gasteiger partial charge in [0, 0.05) is 12.6 Å². The van der Waals surface area contributed by atoms with Crippen LogP contribution in [0.4, 0.5) is 0 Å². The lowest BCUT2D eigenvalue weighted by atomic mass is 10.1. The maximum Gasteiger partial charge on any atom is 0.0695 e. The average molecular weight is 185 g/mol. The van der Waals surface area contributed by atoms with Gasteiger partial charge in [0.25, 0.3) is 0 Å². The van der Waals surface area contributed by atoms with Gasteiger partial charge < -0.3 is 10.0 Å². The summed E-state index contributed by atoms with van der Waals surface area (Å²) in [5.74, 6) is 0.608. The van der Waals surface area contributed by atoms with Crippen molar-refractivity contribution in [2.24, 2.45) is 5.92 Å². The van der Waals surface area contributed by atoms with E-state index in [9.17, 15) is 5.11 Å². The molecule has 0 heterocycles. The minimum atomic E-state index is -0.0781. The molecule has 2 heteroatoms. The zero-order valence-corrected chi connectivity index (χ0v) is 9.16. The maximum absolute atomic E-state index is 9.76. The molecule has 0 amide bonds. The lowest BCUT2D eigenvalue weighted by Crippen LogP contribution is -2.37. The Morgan fingerprint density at radius 2 is 1.85 bits per heavy atom. The van der Waals surface area contributed by atoms with Crippen LogP contribution in [0.15, 0.2) is 0 Å². The van der Waals surface area contributed by atoms with Crippen molar-refractivity contribution >= 4 is 0 Å². The Morgan fingerprint density at radius 1 is 1.31 bits per heavy atom. The van der Waals surface area contributed by atoms with Crippen LogP contribution in [0, 0.1) is 5.92 Å². The van der Waals surface area contributed by atoms with Crippen molar-refractivity contribution in [2.45, 2.75) is 51.7 Å². The van der Waals surface area contributed by atoms with Crippen LogP contribution in [0.1, 0.15) is 39.5 Å². The van der Waals surface area contributed by atoms with Gasteiger partial charge in [-0.2, -0.15) is 0 Å². The molecule has 0 saturated heterocycles. The van der Waals surface area contributed by atoms with E-state index in [4.69, 9.17) is 0 Å². The summed E-state index contributed by atoms with van der Waals surface area (Å²) in [4.78, 5) is 2.31. The van der Waals surface area contributed by atoms with Gasteiger partial charge in [-0.25, -0.2) is 0 Å². The minimum Gasteiger partial charge on any atom is -0.392 e. The largest absolute Gasteiger partial charge is 0.392 e. The highest BCUT2D eigenvalue weighted by molar-refractivity contribution is 4.83. The van der Waals surface area contributed by atoms with Crippen molar-refractivity contribution in [3.8, 4) is 0 Å². The molecule has 1 fully saturated rings. The Balaban J connectivity index is 2.24. The molecule has 0 aliphatic heterocycles. The summed E-state index contributed by atoms with van der Waals surface area (Å²) in [5.41, 5.74) is 0. The summed E-state index contributed by atoms with van der Waals surface area (Å²) in [6.07, 6.45) is 4.76. The van der Waals surface area contributed by atoms with Crippen LogP contribution >= 0.6 is 0 Å². The van der Waals surface area contributed by atoms with Gasteiger partial charge in [0.05, 0.1) is 6.10 Å². The van der Waals surface area contributed by atoms with Gasteiger partial charge in [-0.05, 0) is 38.6 Å². The highest BCUT2D eigenvalue weighted by Gasteiger charge is 2.30. The number of hydrogen-bond donors (Lipinski definition) is 1. The molecule has 2 nitrogen and oxygen atoms in total. The normalized spacial score (nSPS) is 19.8. The molecule has 0 radical (unpaired) electrons. The fourth-order valence-electron chi connectivity index (χ4n) is 1.99. The molecule has 0 aromatic rings. The first-order chi connectivity index (χ1) is 6.19. The number of aliphatic hydroxyl groups is 1. The summed E-state index contributed by atoms with van der Waals surface area (Å²) in [5, 5.41) is 9.76. The number of hydrogen-bond acceptors (Lipinski definition) is 2. The van der Waals surface area contributed by atoms with Crippen LogP contribution < -0.4 is 0 Å². The van der Waals surface area contributed by atoms with Crippen LogP contribution in [0.3, 0.4) is 0 Å². The van der Waals surface area contributed by atoms with E-state index in [0.717, 1.165) is 6.54 Å². The number of nitrogens with zero attached hydrogens (tertiary/aromatic N) is 1. The standard InChI is InChI=1S/C11H23NO/c1-4-10(5-2)12(3)8-11(13)9-6-7-9/h9-11,13H,4-8H2,1-3H3. The van der Waals surface area contributed by atoms with E-state index in [2.05, 4.69) is 25.8 Å². The molecular formula is C11H23NO. The van der Waals surface area contributed by atoms with Gasteiger partial charge in [0.15, 0.2) is 0 Å². The molecule has 78 valence electrons. The summed E-state index contributed by atoms with van der Waals surface area (Å²) in [7, 11) is 2.13. The third kappa shape index (κ3) is 3.28. The lowest BCUT2D eigenvalue weighted by molar-refractivity contribution is 0.0854. The molecule has 1 unspecified atom stereocenters. The zero-order valence-electron chi connectivity index (χ0n) is 9.16. The Hall–Kier alpha value is -0.0800. The topological polar surface area (TPSA) is 23.5 Å². The Morgan fingerprint density at radius 3 is 2.23 bits per heavy atom. The molecule has 0 aromatic heterocycles. The predicted octanol–water partition coefficient (Wildman–Crippen LogP) is 1.88. The van der Waals surface area contributed by atoms with Crippen molar-refractivity contribution in [3.05, 3.63) is 0 Å². The highest BCUT2D eigenvalue weighted by Crippen LogP contribution is 2.33. The van der Waals surface area contributed by atoms with Crippen LogP contribution in [-0.4, -0.2) is 35.7 Å². The number of rotatable bonds is 6. The van der Waals surface area contributed by atoms with E-state index in [1.165, 1.54) is 25.7 Å². The van der Waals surface area contributed by atoms with Crippen LogP contribution in [0.25, 0.3) is 0 Å². The molecule has 13 heavy (non-hydrogen) atoms. The predicted molar refractivity (Wildman–Crippen MR) is 55.7 cm³/mol. The fraction of sp³-hybridized carbons (Fsp3) is 1.00. The highest BCUT2D eigenvalue weighted by atomic mass is 16.3. The molecule has 0 bridgehead atoms. The maximum atomic E-state index is 9.76. The Labute approximate surface area is 81.9 Å². The summed E-state index contributed by atoms with van der Waals surface area (Å²) >= 11 is 0. The van der Waals surface area contributed by atoms with Gasteiger partial charge in [0.1, 0.15) is 0 Å². The third-order valence-corrected chi connectivity index (χ3v) is 3.21. The SMILES string of the molecule is CCC(CC)N(C)CC(O)C1CC1. The van der Waals surface area contributed by atoms with Gasteiger partial charge in [-0.1, -0.05) is 13.8 Å². The zero-order chi connectivity index (χ0) is 9.84. The van der Waals surface area contributed by atoms with Crippen molar-refractivity contribution in [1.82, 2.24) is 4.90 Å². The molecule has 1 rings (SSSR count). The van der Waals surface area contributed by atoms with Crippen LogP contribution in [0.5, 0.6) is 0 Å². The van der Waals surface area contributed by atoms with Gasteiger partial charge in [-0.3, -0.25) is 0 Å². The number of likely N-dealkylation sites (N-methyl/N-ethyl adjacent to an activating group) is 1. The Bertz CT molecular complexity index is 141. The van der Waals surface area contributed by atoms with Gasteiger partial charge >= 0.3 is 0 Å². The van der Waals surface area contributed by atoms with E-state index in [-0.39, 0.29) is 6.10 Å². The van der Waals surface area contributed by atoms with Gasteiger partial charge in [-0.15, -0.1) is 0 Å².